The molecule has 0 spiro atoms. The highest BCUT2D eigenvalue weighted by Crippen LogP contribution is 2.18. The first-order valence-electron chi connectivity index (χ1n) is 5.92. The molecular formula is C13H19N3O. The summed E-state index contributed by atoms with van der Waals surface area (Å²) in [5.41, 5.74) is 3.17. The molecule has 0 aliphatic rings. The Hall–Kier alpha value is -1.60. The zero-order valence-electron chi connectivity index (χ0n) is 10.5. The normalized spacial score (nSPS) is 10.0. The van der Waals surface area contributed by atoms with Gasteiger partial charge in [0.1, 0.15) is 6.07 Å². The average molecular weight is 233 g/mol. The van der Waals surface area contributed by atoms with Crippen molar-refractivity contribution in [2.75, 3.05) is 18.5 Å². The zero-order valence-corrected chi connectivity index (χ0v) is 10.5. The second kappa shape index (κ2) is 6.87. The Morgan fingerprint density at radius 2 is 2.12 bits per heavy atom. The molecule has 0 saturated heterocycles. The van der Waals surface area contributed by atoms with Crippen molar-refractivity contribution in [2.24, 2.45) is 0 Å². The SMILES string of the molecule is Cc1cc(NCCCCCO)c(C#N)c(C)n1. The van der Waals surface area contributed by atoms with E-state index in [0.717, 1.165) is 42.9 Å². The maximum Gasteiger partial charge on any atom is 0.103 e. The highest BCUT2D eigenvalue weighted by Gasteiger charge is 2.06. The molecule has 0 aromatic carbocycles. The summed E-state index contributed by atoms with van der Waals surface area (Å²) >= 11 is 0. The van der Waals surface area contributed by atoms with Crippen LogP contribution in [0.4, 0.5) is 5.69 Å². The topological polar surface area (TPSA) is 68.9 Å². The van der Waals surface area contributed by atoms with Crippen molar-refractivity contribution in [3.05, 3.63) is 23.0 Å². The van der Waals surface area contributed by atoms with E-state index >= 15 is 0 Å². The van der Waals surface area contributed by atoms with Gasteiger partial charge in [0.2, 0.25) is 0 Å². The lowest BCUT2D eigenvalue weighted by atomic mass is 10.1. The second-order valence-electron chi connectivity index (χ2n) is 4.09. The van der Waals surface area contributed by atoms with Crippen molar-refractivity contribution in [3.8, 4) is 6.07 Å². The minimum absolute atomic E-state index is 0.247. The Bertz CT molecular complexity index is 410. The van der Waals surface area contributed by atoms with E-state index in [1.165, 1.54) is 0 Å². The summed E-state index contributed by atoms with van der Waals surface area (Å²) in [7, 11) is 0. The molecule has 0 aliphatic carbocycles. The Labute approximate surface area is 102 Å². The third-order valence-electron chi connectivity index (χ3n) is 2.59. The fourth-order valence-corrected chi connectivity index (χ4v) is 1.75. The van der Waals surface area contributed by atoms with E-state index in [4.69, 9.17) is 10.4 Å². The van der Waals surface area contributed by atoms with Gasteiger partial charge in [0, 0.05) is 18.8 Å². The van der Waals surface area contributed by atoms with Crippen molar-refractivity contribution < 1.29 is 5.11 Å². The Kier molecular flexibility index (Phi) is 5.44. The summed E-state index contributed by atoms with van der Waals surface area (Å²) < 4.78 is 0. The van der Waals surface area contributed by atoms with Crippen LogP contribution in [-0.2, 0) is 0 Å². The van der Waals surface area contributed by atoms with E-state index in [9.17, 15) is 0 Å². The molecule has 0 radical (unpaired) electrons. The molecule has 92 valence electrons. The van der Waals surface area contributed by atoms with E-state index < -0.39 is 0 Å². The molecule has 0 bridgehead atoms. The zero-order chi connectivity index (χ0) is 12.7. The number of unbranched alkanes of at least 4 members (excludes halogenated alkanes) is 2. The standard InChI is InChI=1S/C13H19N3O/c1-10-8-13(12(9-14)11(2)16-10)15-6-4-3-5-7-17/h8,17H,3-7H2,1-2H3,(H,15,16). The fourth-order valence-electron chi connectivity index (χ4n) is 1.75. The van der Waals surface area contributed by atoms with Gasteiger partial charge in [-0.1, -0.05) is 0 Å². The molecule has 1 heterocycles. The maximum absolute atomic E-state index is 9.07. The smallest absolute Gasteiger partial charge is 0.103 e. The maximum atomic E-state index is 9.07. The largest absolute Gasteiger partial charge is 0.396 e. The number of hydrogen-bond acceptors (Lipinski definition) is 4. The van der Waals surface area contributed by atoms with Gasteiger partial charge in [-0.2, -0.15) is 5.26 Å². The Morgan fingerprint density at radius 3 is 2.76 bits per heavy atom. The molecule has 0 atom stereocenters. The third kappa shape index (κ3) is 4.04. The molecule has 0 saturated carbocycles. The minimum atomic E-state index is 0.247. The van der Waals surface area contributed by atoms with Gasteiger partial charge in [-0.15, -0.1) is 0 Å². The number of anilines is 1. The number of aliphatic hydroxyl groups is 1. The Balaban J connectivity index is 2.61. The first-order valence-corrected chi connectivity index (χ1v) is 5.92. The van der Waals surface area contributed by atoms with E-state index in [1.807, 2.05) is 19.9 Å². The number of hydrogen-bond donors (Lipinski definition) is 2. The van der Waals surface area contributed by atoms with Crippen molar-refractivity contribution in [2.45, 2.75) is 33.1 Å². The summed E-state index contributed by atoms with van der Waals surface area (Å²) in [6.07, 6.45) is 2.82. The quantitative estimate of drug-likeness (QED) is 0.739. The van der Waals surface area contributed by atoms with Crippen LogP contribution >= 0.6 is 0 Å². The van der Waals surface area contributed by atoms with E-state index in [1.54, 1.807) is 0 Å². The molecule has 17 heavy (non-hydrogen) atoms. The number of nitrogens with zero attached hydrogens (tertiary/aromatic N) is 2. The monoisotopic (exact) mass is 233 g/mol. The Morgan fingerprint density at radius 1 is 1.35 bits per heavy atom. The fraction of sp³-hybridized carbons (Fsp3) is 0.538. The second-order valence-corrected chi connectivity index (χ2v) is 4.09. The molecule has 4 heteroatoms. The first kappa shape index (κ1) is 13.5. The summed E-state index contributed by atoms with van der Waals surface area (Å²) in [4.78, 5) is 4.27. The molecule has 1 aromatic rings. The molecule has 0 amide bonds. The summed E-state index contributed by atoms with van der Waals surface area (Å²) in [5, 5.41) is 21.0. The molecule has 0 aliphatic heterocycles. The van der Waals surface area contributed by atoms with Crippen LogP contribution in [0.25, 0.3) is 0 Å². The van der Waals surface area contributed by atoms with Crippen LogP contribution < -0.4 is 5.32 Å². The van der Waals surface area contributed by atoms with Crippen LogP contribution in [-0.4, -0.2) is 23.2 Å². The highest BCUT2D eigenvalue weighted by molar-refractivity contribution is 5.59. The van der Waals surface area contributed by atoms with Crippen molar-refractivity contribution in [1.29, 1.82) is 5.26 Å². The van der Waals surface area contributed by atoms with Crippen molar-refractivity contribution in [1.82, 2.24) is 4.98 Å². The number of aliphatic hydroxyl groups excluding tert-OH is 1. The van der Waals surface area contributed by atoms with E-state index in [-0.39, 0.29) is 6.61 Å². The predicted molar refractivity (Wildman–Crippen MR) is 67.9 cm³/mol. The van der Waals surface area contributed by atoms with Gasteiger partial charge in [-0.25, -0.2) is 0 Å². The summed E-state index contributed by atoms with van der Waals surface area (Å²) in [6, 6.07) is 4.08. The van der Waals surface area contributed by atoms with Crippen LogP contribution in [0.15, 0.2) is 6.07 Å². The lowest BCUT2D eigenvalue weighted by Crippen LogP contribution is -2.06. The number of nitrogens with one attached hydrogen (secondary N) is 1. The number of nitriles is 1. The molecule has 0 unspecified atom stereocenters. The first-order chi connectivity index (χ1) is 8.19. The molecule has 4 nitrogen and oxygen atoms in total. The number of aryl methyl sites for hydroxylation is 2. The highest BCUT2D eigenvalue weighted by atomic mass is 16.2. The lowest BCUT2D eigenvalue weighted by Gasteiger charge is -2.10. The van der Waals surface area contributed by atoms with Crippen molar-refractivity contribution >= 4 is 5.69 Å². The van der Waals surface area contributed by atoms with E-state index in [2.05, 4.69) is 16.4 Å². The van der Waals surface area contributed by atoms with Gasteiger partial charge in [-0.3, -0.25) is 4.98 Å². The average Bonchev–Trinajstić information content (AvgIpc) is 2.28. The van der Waals surface area contributed by atoms with Gasteiger partial charge in [-0.05, 0) is 39.2 Å². The predicted octanol–water partition coefficient (Wildman–Crippen LogP) is 2.14. The number of aromatic nitrogens is 1. The van der Waals surface area contributed by atoms with Gasteiger partial charge in [0.15, 0.2) is 0 Å². The molecule has 2 N–H and O–H groups in total. The van der Waals surface area contributed by atoms with Crippen molar-refractivity contribution in [3.63, 3.8) is 0 Å². The summed E-state index contributed by atoms with van der Waals surface area (Å²) in [5.74, 6) is 0. The van der Waals surface area contributed by atoms with Crippen LogP contribution in [0.1, 0.15) is 36.2 Å². The van der Waals surface area contributed by atoms with Crippen LogP contribution in [0.3, 0.4) is 0 Å². The van der Waals surface area contributed by atoms with Crippen LogP contribution in [0, 0.1) is 25.2 Å². The van der Waals surface area contributed by atoms with Gasteiger partial charge >= 0.3 is 0 Å². The lowest BCUT2D eigenvalue weighted by molar-refractivity contribution is 0.283. The minimum Gasteiger partial charge on any atom is -0.396 e. The molecule has 1 aromatic heterocycles. The van der Waals surface area contributed by atoms with Gasteiger partial charge < -0.3 is 10.4 Å². The molecular weight excluding hydrogens is 214 g/mol. The summed E-state index contributed by atoms with van der Waals surface area (Å²) in [6.45, 7) is 4.84. The third-order valence-corrected chi connectivity index (χ3v) is 2.59. The van der Waals surface area contributed by atoms with E-state index in [0.29, 0.717) is 5.56 Å². The van der Waals surface area contributed by atoms with Crippen LogP contribution in [0.2, 0.25) is 0 Å². The van der Waals surface area contributed by atoms with Gasteiger partial charge in [0.25, 0.3) is 0 Å². The molecule has 1 rings (SSSR count). The van der Waals surface area contributed by atoms with Gasteiger partial charge in [0.05, 0.1) is 16.9 Å². The molecule has 0 fully saturated rings. The van der Waals surface area contributed by atoms with Crippen LogP contribution in [0.5, 0.6) is 0 Å². The number of pyridine rings is 1. The number of rotatable bonds is 6.